The monoisotopic (exact) mass is 598 g/mol. The number of hydrogen-bond acceptors (Lipinski definition) is 6. The third kappa shape index (κ3) is 6.96. The van der Waals surface area contributed by atoms with Crippen molar-refractivity contribution in [2.75, 3.05) is 37.7 Å². The summed E-state index contributed by atoms with van der Waals surface area (Å²) in [7, 11) is -3.46. The fourth-order valence-corrected chi connectivity index (χ4v) is 7.67. The third-order valence-electron chi connectivity index (χ3n) is 8.62. The topological polar surface area (TPSA) is 84.7 Å². The first kappa shape index (κ1) is 29.6. The van der Waals surface area contributed by atoms with Crippen LogP contribution >= 0.6 is 11.6 Å². The number of aromatic nitrogens is 2. The number of hydrogen-bond donors (Lipinski definition) is 0. The summed E-state index contributed by atoms with van der Waals surface area (Å²) in [4.78, 5) is 15.9. The van der Waals surface area contributed by atoms with Crippen LogP contribution < -0.4 is 15.2 Å². The fraction of sp³-hybridized carbons (Fsp3) is 0.484. The normalized spacial score (nSPS) is 22.0. The highest BCUT2D eigenvalue weighted by Crippen LogP contribution is 2.36. The molecule has 1 aromatic heterocycles. The molecule has 1 saturated heterocycles. The van der Waals surface area contributed by atoms with Crippen LogP contribution in [0.1, 0.15) is 45.1 Å². The van der Waals surface area contributed by atoms with Gasteiger partial charge in [0, 0.05) is 31.2 Å². The largest absolute Gasteiger partial charge is 0.486 e. The van der Waals surface area contributed by atoms with Crippen molar-refractivity contribution < 1.29 is 13.2 Å². The van der Waals surface area contributed by atoms with Gasteiger partial charge in [-0.25, -0.2) is 8.42 Å². The van der Waals surface area contributed by atoms with Crippen LogP contribution in [0.3, 0.4) is 0 Å². The van der Waals surface area contributed by atoms with Gasteiger partial charge in [0.2, 0.25) is 15.8 Å². The zero-order chi connectivity index (χ0) is 29.0. The van der Waals surface area contributed by atoms with Gasteiger partial charge >= 0.3 is 5.56 Å². The summed E-state index contributed by atoms with van der Waals surface area (Å²) in [5.74, 6) is 1.81. The SMILES string of the molecule is CCC1CCC(C)C(COc2c(N3CCN(S(=O)(=O)Cc4ccccc4)CC3)cnn(-c3cccc(Cl)c3)c2=O)C1. The van der Waals surface area contributed by atoms with E-state index in [4.69, 9.17) is 16.3 Å². The molecular weight excluding hydrogens is 560 g/mol. The number of halogens is 1. The van der Waals surface area contributed by atoms with Crippen molar-refractivity contribution in [3.05, 3.63) is 81.7 Å². The van der Waals surface area contributed by atoms with Crippen molar-refractivity contribution in [1.82, 2.24) is 14.1 Å². The summed E-state index contributed by atoms with van der Waals surface area (Å²) in [5, 5.41) is 4.99. The maximum Gasteiger partial charge on any atom is 0.316 e. The lowest BCUT2D eigenvalue weighted by atomic mass is 9.74. The van der Waals surface area contributed by atoms with Gasteiger partial charge in [-0.3, -0.25) is 4.79 Å². The van der Waals surface area contributed by atoms with E-state index >= 15 is 0 Å². The van der Waals surface area contributed by atoms with E-state index in [1.165, 1.54) is 21.8 Å². The first-order chi connectivity index (χ1) is 19.7. The molecule has 41 heavy (non-hydrogen) atoms. The molecule has 0 bridgehead atoms. The molecule has 2 aromatic carbocycles. The molecule has 2 heterocycles. The number of nitrogens with zero attached hydrogens (tertiary/aromatic N) is 4. The summed E-state index contributed by atoms with van der Waals surface area (Å²) in [6.07, 6.45) is 6.32. The Morgan fingerprint density at radius 3 is 2.49 bits per heavy atom. The molecule has 8 nitrogen and oxygen atoms in total. The zero-order valence-corrected chi connectivity index (χ0v) is 25.4. The first-order valence-corrected chi connectivity index (χ1v) is 16.5. The van der Waals surface area contributed by atoms with Crippen LogP contribution in [-0.2, 0) is 15.8 Å². The maximum absolute atomic E-state index is 13.8. The molecular formula is C31H39ClN4O4S. The summed E-state index contributed by atoms with van der Waals surface area (Å²) in [6.45, 7) is 6.49. The lowest BCUT2D eigenvalue weighted by Gasteiger charge is -2.36. The summed E-state index contributed by atoms with van der Waals surface area (Å²) in [6, 6.07) is 16.2. The van der Waals surface area contributed by atoms with Crippen molar-refractivity contribution >= 4 is 27.3 Å². The molecule has 2 aliphatic rings. The molecule has 1 saturated carbocycles. The predicted octanol–water partition coefficient (Wildman–Crippen LogP) is 5.38. The Balaban J connectivity index is 1.38. The van der Waals surface area contributed by atoms with Gasteiger partial charge in [-0.1, -0.05) is 81.1 Å². The highest BCUT2D eigenvalue weighted by Gasteiger charge is 2.31. The van der Waals surface area contributed by atoms with Gasteiger partial charge < -0.3 is 9.64 Å². The zero-order valence-electron chi connectivity index (χ0n) is 23.8. The second-order valence-electron chi connectivity index (χ2n) is 11.3. The number of rotatable bonds is 9. The molecule has 5 rings (SSSR count). The Bertz CT molecular complexity index is 1490. The third-order valence-corrected chi connectivity index (χ3v) is 10.7. The lowest BCUT2D eigenvalue weighted by molar-refractivity contribution is 0.123. The molecule has 3 unspecified atom stereocenters. The molecule has 0 N–H and O–H groups in total. The first-order valence-electron chi connectivity index (χ1n) is 14.5. The van der Waals surface area contributed by atoms with Gasteiger partial charge in [-0.2, -0.15) is 14.1 Å². The molecule has 1 aliphatic carbocycles. The summed E-state index contributed by atoms with van der Waals surface area (Å²) >= 11 is 6.21. The van der Waals surface area contributed by atoms with Crippen LogP contribution in [0, 0.1) is 17.8 Å². The Hall–Kier alpha value is -2.88. The van der Waals surface area contributed by atoms with E-state index in [1.54, 1.807) is 30.5 Å². The number of piperazine rings is 1. The van der Waals surface area contributed by atoms with Gasteiger partial charge in [0.05, 0.1) is 24.2 Å². The van der Waals surface area contributed by atoms with E-state index in [-0.39, 0.29) is 17.1 Å². The molecule has 0 amide bonds. The van der Waals surface area contributed by atoms with E-state index in [1.807, 2.05) is 35.2 Å². The number of ether oxygens (including phenoxy) is 1. The maximum atomic E-state index is 13.8. The Morgan fingerprint density at radius 1 is 1.02 bits per heavy atom. The summed E-state index contributed by atoms with van der Waals surface area (Å²) < 4.78 is 35.5. The molecule has 2 fully saturated rings. The van der Waals surface area contributed by atoms with Crippen LogP contribution in [0.4, 0.5) is 5.69 Å². The standard InChI is InChI=1S/C31H39ClN4O4S/c1-3-24-13-12-23(2)26(18-24)21-40-30-29(20-33-36(31(30)37)28-11-7-10-27(32)19-28)34-14-16-35(17-15-34)41(38,39)22-25-8-5-4-6-9-25/h4-11,19-20,23-24,26H,3,12-18,21-22H2,1-2H3. The van der Waals surface area contributed by atoms with Crippen LogP contribution in [0.25, 0.3) is 5.69 Å². The molecule has 3 atom stereocenters. The van der Waals surface area contributed by atoms with Gasteiger partial charge in [0.15, 0.2) is 0 Å². The smallest absolute Gasteiger partial charge is 0.316 e. The van der Waals surface area contributed by atoms with Crippen molar-refractivity contribution in [1.29, 1.82) is 0 Å². The molecule has 0 spiro atoms. The highest BCUT2D eigenvalue weighted by atomic mass is 35.5. The average Bonchev–Trinajstić information content (AvgIpc) is 2.97. The van der Waals surface area contributed by atoms with Gasteiger partial charge in [0.1, 0.15) is 5.69 Å². The Morgan fingerprint density at radius 2 is 1.78 bits per heavy atom. The number of anilines is 1. The van der Waals surface area contributed by atoms with Crippen LogP contribution in [0.15, 0.2) is 65.6 Å². The Labute approximate surface area is 247 Å². The highest BCUT2D eigenvalue weighted by molar-refractivity contribution is 7.88. The van der Waals surface area contributed by atoms with Gasteiger partial charge in [-0.15, -0.1) is 0 Å². The summed E-state index contributed by atoms with van der Waals surface area (Å²) in [5.41, 5.74) is 1.58. The van der Waals surface area contributed by atoms with Crippen LogP contribution in [-0.4, -0.2) is 55.3 Å². The second-order valence-corrected chi connectivity index (χ2v) is 13.7. The van der Waals surface area contributed by atoms with Crippen LogP contribution in [0.5, 0.6) is 5.75 Å². The number of sulfonamides is 1. The molecule has 220 valence electrons. The average molecular weight is 599 g/mol. The van der Waals surface area contributed by atoms with Gasteiger partial charge in [-0.05, 0) is 47.9 Å². The molecule has 10 heteroatoms. The van der Waals surface area contributed by atoms with Crippen molar-refractivity contribution in [3.63, 3.8) is 0 Å². The van der Waals surface area contributed by atoms with Crippen molar-refractivity contribution in [2.24, 2.45) is 17.8 Å². The lowest BCUT2D eigenvalue weighted by Crippen LogP contribution is -2.49. The predicted molar refractivity (Wildman–Crippen MR) is 163 cm³/mol. The van der Waals surface area contributed by atoms with Crippen molar-refractivity contribution in [2.45, 2.75) is 45.3 Å². The minimum absolute atomic E-state index is 0.0300. The van der Waals surface area contributed by atoms with Crippen molar-refractivity contribution in [3.8, 4) is 11.4 Å². The van der Waals surface area contributed by atoms with Crippen LogP contribution in [0.2, 0.25) is 5.02 Å². The minimum atomic E-state index is -3.46. The Kier molecular flexibility index (Phi) is 9.36. The molecule has 0 radical (unpaired) electrons. The van der Waals surface area contributed by atoms with E-state index in [2.05, 4.69) is 18.9 Å². The quantitative estimate of drug-likeness (QED) is 0.329. The van der Waals surface area contributed by atoms with Gasteiger partial charge in [0.25, 0.3) is 0 Å². The number of benzene rings is 2. The van der Waals surface area contributed by atoms with E-state index in [0.29, 0.717) is 66.9 Å². The van der Waals surface area contributed by atoms with E-state index in [0.717, 1.165) is 18.4 Å². The fourth-order valence-electron chi connectivity index (χ4n) is 5.97. The van der Waals surface area contributed by atoms with E-state index < -0.39 is 10.0 Å². The second kappa shape index (κ2) is 13.0. The molecule has 3 aromatic rings. The molecule has 1 aliphatic heterocycles. The van der Waals surface area contributed by atoms with E-state index in [9.17, 15) is 13.2 Å². The minimum Gasteiger partial charge on any atom is -0.486 e.